The molecular weight excluding hydrogens is 734 g/mol. The Bertz CT molecular complexity index is 2060. The van der Waals surface area contributed by atoms with Gasteiger partial charge < -0.3 is 34.4 Å². The van der Waals surface area contributed by atoms with Crippen LogP contribution in [-0.2, 0) is 34.4 Å². The number of sulfone groups is 1. The molecule has 0 spiro atoms. The molecule has 0 saturated carbocycles. The predicted octanol–water partition coefficient (Wildman–Crippen LogP) is 5.34. The van der Waals surface area contributed by atoms with E-state index in [1.165, 1.54) is 25.4 Å². The summed E-state index contributed by atoms with van der Waals surface area (Å²) in [6.07, 6.45) is 5.31. The zero-order chi connectivity index (χ0) is 39.0. The summed E-state index contributed by atoms with van der Waals surface area (Å²) in [4.78, 5) is 18.2. The number of benzene rings is 3. The molecule has 290 valence electrons. The van der Waals surface area contributed by atoms with Gasteiger partial charge in [-0.2, -0.15) is 0 Å². The molecule has 2 atom stereocenters. The Balaban J connectivity index is 1.33. The molecule has 3 aromatic carbocycles. The van der Waals surface area contributed by atoms with Gasteiger partial charge in [-0.3, -0.25) is 15.1 Å². The molecule has 4 N–H and O–H groups in total. The van der Waals surface area contributed by atoms with Gasteiger partial charge in [-0.25, -0.2) is 8.42 Å². The summed E-state index contributed by atoms with van der Waals surface area (Å²) in [5.41, 5.74) is 4.43. The van der Waals surface area contributed by atoms with Crippen LogP contribution in [-0.4, -0.2) is 90.3 Å². The highest BCUT2D eigenvalue weighted by Crippen LogP contribution is 2.36. The largest absolute Gasteiger partial charge is 0.493 e. The highest BCUT2D eigenvalue weighted by atomic mass is 35.5. The van der Waals surface area contributed by atoms with Crippen molar-refractivity contribution in [2.75, 3.05) is 39.1 Å². The van der Waals surface area contributed by atoms with Crippen molar-refractivity contribution in [3.63, 3.8) is 0 Å². The lowest BCUT2D eigenvalue weighted by Gasteiger charge is -2.25. The van der Waals surface area contributed by atoms with Gasteiger partial charge in [0.15, 0.2) is 9.84 Å². The number of carbonyl (C=O) groups is 1. The first-order valence-corrected chi connectivity index (χ1v) is 20.0. The zero-order valence-corrected chi connectivity index (χ0v) is 32.5. The van der Waals surface area contributed by atoms with E-state index in [0.29, 0.717) is 29.2 Å². The van der Waals surface area contributed by atoms with Crippen LogP contribution in [0.5, 0.6) is 17.2 Å². The summed E-state index contributed by atoms with van der Waals surface area (Å²) in [5, 5.41) is 32.3. The number of carboxylic acids is 1. The molecule has 54 heavy (non-hydrogen) atoms. The van der Waals surface area contributed by atoms with Crippen LogP contribution in [0.3, 0.4) is 0 Å². The number of nitrogens with zero attached hydrogens (tertiary/aromatic N) is 2. The fourth-order valence-corrected chi connectivity index (χ4v) is 7.05. The summed E-state index contributed by atoms with van der Waals surface area (Å²) in [7, 11) is -3.50. The number of aliphatic hydroxyl groups is 2. The van der Waals surface area contributed by atoms with Gasteiger partial charge in [0.05, 0.1) is 29.2 Å². The standard InChI is InChI=1S/C40H48ClN3O9S/c1-26-29(8-5-9-33(26)34-10-6-11-36(27(34)2)51-15-7-13-44-14-12-31(46)22-44)24-53-38-18-37(52-23-28-16-32(21-42-19-28)54(4,49)50)30(17-35(38)41)20-43-40(3,25-45)39(47)48/h5-6,8-11,16-19,21,31,43,45-46H,7,12-15,20,22-25H2,1-4H3,(H,47,48)/t31-,40?/m1/s1. The Kier molecular flexibility index (Phi) is 13.6. The second-order valence-electron chi connectivity index (χ2n) is 13.9. The third kappa shape index (κ3) is 10.3. The Labute approximate surface area is 321 Å². The van der Waals surface area contributed by atoms with Gasteiger partial charge in [0.25, 0.3) is 0 Å². The minimum Gasteiger partial charge on any atom is -0.493 e. The number of nitrogens with one attached hydrogen (secondary N) is 1. The number of carboxylic acid groups (broad SMARTS) is 1. The molecular formula is C40H48ClN3O9S. The quantitative estimate of drug-likeness (QED) is 0.0959. The minimum atomic E-state index is -3.50. The second-order valence-corrected chi connectivity index (χ2v) is 16.3. The molecule has 1 aliphatic rings. The normalized spacial score (nSPS) is 15.9. The topological polar surface area (TPSA) is 168 Å². The van der Waals surface area contributed by atoms with E-state index in [1.807, 2.05) is 31.2 Å². The Morgan fingerprint density at radius 3 is 2.39 bits per heavy atom. The molecule has 1 aromatic heterocycles. The molecule has 1 fully saturated rings. The van der Waals surface area contributed by atoms with Crippen molar-refractivity contribution < 1.29 is 42.7 Å². The Morgan fingerprint density at radius 1 is 0.981 bits per heavy atom. The average Bonchev–Trinajstić information content (AvgIpc) is 3.56. The summed E-state index contributed by atoms with van der Waals surface area (Å²) in [6, 6.07) is 16.8. The number of ether oxygens (including phenoxy) is 3. The first-order valence-electron chi connectivity index (χ1n) is 17.7. The molecule has 14 heteroatoms. The lowest BCUT2D eigenvalue weighted by molar-refractivity contribution is -0.145. The highest BCUT2D eigenvalue weighted by molar-refractivity contribution is 7.90. The zero-order valence-electron chi connectivity index (χ0n) is 31.0. The molecule has 1 unspecified atom stereocenters. The number of hydrogen-bond donors (Lipinski definition) is 4. The van der Waals surface area contributed by atoms with Gasteiger partial charge in [-0.05, 0) is 79.6 Å². The smallest absolute Gasteiger partial charge is 0.326 e. The van der Waals surface area contributed by atoms with Gasteiger partial charge in [-0.15, -0.1) is 0 Å². The van der Waals surface area contributed by atoms with E-state index in [0.717, 1.165) is 72.3 Å². The van der Waals surface area contributed by atoms with E-state index >= 15 is 0 Å². The molecule has 1 aliphatic heterocycles. The number of aromatic nitrogens is 1. The van der Waals surface area contributed by atoms with Crippen LogP contribution in [0, 0.1) is 13.8 Å². The average molecular weight is 782 g/mol. The molecule has 1 saturated heterocycles. The molecule has 0 aliphatic carbocycles. The van der Waals surface area contributed by atoms with Gasteiger partial charge in [0.2, 0.25) is 0 Å². The van der Waals surface area contributed by atoms with Crippen molar-refractivity contribution in [1.29, 1.82) is 0 Å². The minimum absolute atomic E-state index is 0.0216. The molecule has 4 aromatic rings. The lowest BCUT2D eigenvalue weighted by atomic mass is 9.93. The molecule has 5 rings (SSSR count). The van der Waals surface area contributed by atoms with Crippen molar-refractivity contribution in [3.05, 3.63) is 99.8 Å². The van der Waals surface area contributed by atoms with Crippen molar-refractivity contribution in [2.45, 2.75) is 69.9 Å². The molecule has 0 bridgehead atoms. The number of rotatable bonds is 18. The maximum Gasteiger partial charge on any atom is 0.326 e. The number of hydrogen-bond acceptors (Lipinski definition) is 11. The Hall–Kier alpha value is -4.24. The lowest BCUT2D eigenvalue weighted by Crippen LogP contribution is -2.52. The maximum atomic E-state index is 12.1. The third-order valence-corrected chi connectivity index (χ3v) is 11.1. The molecule has 2 heterocycles. The summed E-state index contributed by atoms with van der Waals surface area (Å²) >= 11 is 6.72. The summed E-state index contributed by atoms with van der Waals surface area (Å²) < 4.78 is 42.8. The van der Waals surface area contributed by atoms with E-state index in [2.05, 4.69) is 34.3 Å². The van der Waals surface area contributed by atoms with Crippen LogP contribution >= 0.6 is 11.6 Å². The fourth-order valence-electron chi connectivity index (χ4n) is 6.19. The van der Waals surface area contributed by atoms with Crippen molar-refractivity contribution in [2.24, 2.45) is 0 Å². The molecule has 0 amide bonds. The van der Waals surface area contributed by atoms with Crippen molar-refractivity contribution in [1.82, 2.24) is 15.2 Å². The van der Waals surface area contributed by atoms with E-state index in [-0.39, 0.29) is 35.8 Å². The maximum absolute atomic E-state index is 12.1. The number of aliphatic carboxylic acids is 1. The number of β-amino-alcohol motifs (C(OH)–C–C–N with tert-alkyl or cyclic N) is 1. The van der Waals surface area contributed by atoms with Crippen LogP contribution in [0.2, 0.25) is 5.02 Å². The number of halogens is 1. The highest BCUT2D eigenvalue weighted by Gasteiger charge is 2.32. The number of pyridine rings is 1. The second kappa shape index (κ2) is 17.9. The first kappa shape index (κ1) is 40.9. The number of aliphatic hydroxyl groups excluding tert-OH is 2. The van der Waals surface area contributed by atoms with Gasteiger partial charge >= 0.3 is 5.97 Å². The summed E-state index contributed by atoms with van der Waals surface area (Å²) in [5.74, 6) is 0.226. The number of likely N-dealkylation sites (tertiary alicyclic amines) is 1. The Morgan fingerprint density at radius 2 is 1.70 bits per heavy atom. The van der Waals surface area contributed by atoms with Gasteiger partial charge in [0.1, 0.15) is 36.0 Å². The van der Waals surface area contributed by atoms with Crippen molar-refractivity contribution in [3.8, 4) is 28.4 Å². The van der Waals surface area contributed by atoms with E-state index in [9.17, 15) is 28.5 Å². The van der Waals surface area contributed by atoms with Crippen LogP contribution in [0.1, 0.15) is 47.6 Å². The van der Waals surface area contributed by atoms with Crippen LogP contribution in [0.25, 0.3) is 11.1 Å². The molecule has 0 radical (unpaired) electrons. The van der Waals surface area contributed by atoms with E-state index < -0.39 is 28.0 Å². The first-order chi connectivity index (χ1) is 25.7. The third-order valence-electron chi connectivity index (χ3n) is 9.69. The van der Waals surface area contributed by atoms with Gasteiger partial charge in [0, 0.05) is 62.0 Å². The van der Waals surface area contributed by atoms with Gasteiger partial charge in [-0.1, -0.05) is 41.9 Å². The van der Waals surface area contributed by atoms with Crippen LogP contribution < -0.4 is 19.5 Å². The summed E-state index contributed by atoms with van der Waals surface area (Å²) in [6.45, 7) is 8.01. The SMILES string of the molecule is Cc1c(COc2cc(OCc3cncc(S(C)(=O)=O)c3)c(CNC(C)(CO)C(=O)O)cc2Cl)cccc1-c1cccc(OCCCN2CC[C@@H](O)C2)c1C. The van der Waals surface area contributed by atoms with Crippen LogP contribution in [0.4, 0.5) is 0 Å². The van der Waals surface area contributed by atoms with Crippen molar-refractivity contribution >= 4 is 27.4 Å². The fraction of sp³-hybridized carbons (Fsp3) is 0.400. The monoisotopic (exact) mass is 781 g/mol. The van der Waals surface area contributed by atoms with Crippen LogP contribution in [0.15, 0.2) is 71.9 Å². The molecule has 12 nitrogen and oxygen atoms in total. The predicted molar refractivity (Wildman–Crippen MR) is 206 cm³/mol. The van der Waals surface area contributed by atoms with E-state index in [1.54, 1.807) is 12.1 Å². The van der Waals surface area contributed by atoms with E-state index in [4.69, 9.17) is 25.8 Å².